The van der Waals surface area contributed by atoms with E-state index in [1.807, 2.05) is 12.1 Å². The minimum absolute atomic E-state index is 0.155. The highest BCUT2D eigenvalue weighted by Gasteiger charge is 2.07. The van der Waals surface area contributed by atoms with Crippen LogP contribution in [0, 0.1) is 0 Å². The van der Waals surface area contributed by atoms with Gasteiger partial charge in [-0.25, -0.2) is 0 Å². The van der Waals surface area contributed by atoms with Gasteiger partial charge < -0.3 is 0 Å². The molecule has 3 nitrogen and oxygen atoms in total. The third-order valence-corrected chi connectivity index (χ3v) is 6.35. The molecule has 0 aliphatic heterocycles. The van der Waals surface area contributed by atoms with Crippen molar-refractivity contribution in [1.29, 1.82) is 0 Å². The van der Waals surface area contributed by atoms with Crippen LogP contribution in [0.15, 0.2) is 60.7 Å². The van der Waals surface area contributed by atoms with Gasteiger partial charge in [-0.15, -0.1) is 0 Å². The molecule has 2 aromatic carbocycles. The Morgan fingerprint density at radius 3 is 1.64 bits per heavy atom. The summed E-state index contributed by atoms with van der Waals surface area (Å²) in [5, 5.41) is 0. The minimum atomic E-state index is -3.23. The van der Waals surface area contributed by atoms with Gasteiger partial charge in [-0.1, -0.05) is 99.7 Å². The first kappa shape index (κ1) is 22.1. The maximum absolute atomic E-state index is 10.9. The van der Waals surface area contributed by atoms with Crippen LogP contribution >= 0.6 is 23.0 Å². The average Bonchev–Trinajstić information content (AvgIpc) is 2.66. The first-order valence-electron chi connectivity index (χ1n) is 8.72. The summed E-state index contributed by atoms with van der Waals surface area (Å²) in [5.74, 6) is 0.155. The second-order valence-corrected chi connectivity index (χ2v) is 8.55. The van der Waals surface area contributed by atoms with Crippen LogP contribution in [0.3, 0.4) is 0 Å². The molecule has 0 heterocycles. The summed E-state index contributed by atoms with van der Waals surface area (Å²) >= 11 is 1.42. The zero-order valence-corrected chi connectivity index (χ0v) is 17.7. The van der Waals surface area contributed by atoms with Crippen molar-refractivity contribution in [3.8, 4) is 11.1 Å². The van der Waals surface area contributed by atoms with E-state index in [1.54, 1.807) is 0 Å². The van der Waals surface area contributed by atoms with E-state index in [1.165, 1.54) is 53.4 Å². The molecule has 138 valence electrons. The molecule has 0 spiro atoms. The van der Waals surface area contributed by atoms with Crippen LogP contribution in [0.25, 0.3) is 11.1 Å². The largest absolute Gasteiger partial charge is 0.276 e. The molecule has 0 aromatic heterocycles. The van der Waals surface area contributed by atoms with Crippen LogP contribution in [-0.4, -0.2) is 14.2 Å². The fraction of sp³-hybridized carbons (Fsp3) is 0.400. The Morgan fingerprint density at radius 2 is 1.20 bits per heavy atom. The van der Waals surface area contributed by atoms with E-state index < -0.39 is 10.1 Å². The SMILES string of the molecule is CCCCCCCCS(=O)(=O)OI.c1ccc(-c2ccccc2)cc1. The van der Waals surface area contributed by atoms with E-state index in [-0.39, 0.29) is 5.75 Å². The highest BCUT2D eigenvalue weighted by Crippen LogP contribution is 2.17. The maximum atomic E-state index is 10.9. The van der Waals surface area contributed by atoms with Crippen molar-refractivity contribution >= 4 is 33.1 Å². The van der Waals surface area contributed by atoms with Gasteiger partial charge in [0.2, 0.25) is 0 Å². The minimum Gasteiger partial charge on any atom is -0.199 e. The van der Waals surface area contributed by atoms with Crippen molar-refractivity contribution in [2.24, 2.45) is 0 Å². The summed E-state index contributed by atoms with van der Waals surface area (Å²) in [7, 11) is -3.23. The molecule has 5 heteroatoms. The van der Waals surface area contributed by atoms with E-state index in [9.17, 15) is 8.42 Å². The second kappa shape index (κ2) is 13.3. The van der Waals surface area contributed by atoms with Gasteiger partial charge in [0.1, 0.15) is 23.0 Å². The number of hydrogen-bond acceptors (Lipinski definition) is 3. The van der Waals surface area contributed by atoms with Crippen molar-refractivity contribution in [1.82, 2.24) is 0 Å². The fourth-order valence-corrected chi connectivity index (χ4v) is 3.51. The molecular weight excluding hydrogens is 447 g/mol. The molecule has 2 aromatic rings. The summed E-state index contributed by atoms with van der Waals surface area (Å²) in [6.07, 6.45) is 6.51. The first-order chi connectivity index (χ1) is 12.1. The molecule has 0 saturated heterocycles. The lowest BCUT2D eigenvalue weighted by molar-refractivity contribution is 0.529. The lowest BCUT2D eigenvalue weighted by Gasteiger charge is -2.00. The number of unbranched alkanes of at least 4 members (excludes halogenated alkanes) is 5. The van der Waals surface area contributed by atoms with E-state index in [0.717, 1.165) is 19.3 Å². The molecule has 0 N–H and O–H groups in total. The Balaban J connectivity index is 0.000000250. The molecule has 0 unspecified atom stereocenters. The monoisotopic (exact) mass is 474 g/mol. The number of benzene rings is 2. The number of hydrogen-bond donors (Lipinski definition) is 0. The Bertz CT molecular complexity index is 620. The number of halogens is 1. The molecule has 0 saturated carbocycles. The van der Waals surface area contributed by atoms with Crippen molar-refractivity contribution in [3.63, 3.8) is 0 Å². The van der Waals surface area contributed by atoms with Gasteiger partial charge in [-0.3, -0.25) is 0 Å². The van der Waals surface area contributed by atoms with Crippen LogP contribution in [0.2, 0.25) is 0 Å². The summed E-state index contributed by atoms with van der Waals surface area (Å²) < 4.78 is 26.0. The van der Waals surface area contributed by atoms with Gasteiger partial charge in [0.25, 0.3) is 10.1 Å². The van der Waals surface area contributed by atoms with Crippen LogP contribution in [0.4, 0.5) is 0 Å². The standard InChI is InChI=1S/C12H10.C8H17IO3S/c1-3-7-11(8-4-1)12-9-5-2-6-10-12;1-2-3-4-5-6-7-8-13(10,11)12-9/h1-10H;2-8H2,1H3. The first-order valence-corrected chi connectivity index (χ1v) is 11.2. The maximum Gasteiger partial charge on any atom is 0.276 e. The van der Waals surface area contributed by atoms with E-state index in [4.69, 9.17) is 0 Å². The topological polar surface area (TPSA) is 43.4 Å². The fourth-order valence-electron chi connectivity index (χ4n) is 2.35. The third kappa shape index (κ3) is 10.6. The van der Waals surface area contributed by atoms with Crippen LogP contribution in [-0.2, 0) is 12.6 Å². The molecule has 0 fully saturated rings. The summed E-state index contributed by atoms with van der Waals surface area (Å²) in [6, 6.07) is 20.8. The number of rotatable bonds is 9. The third-order valence-electron chi connectivity index (χ3n) is 3.72. The molecule has 0 bridgehead atoms. The average molecular weight is 474 g/mol. The quantitative estimate of drug-likeness (QED) is 0.312. The van der Waals surface area contributed by atoms with E-state index in [2.05, 4.69) is 58.0 Å². The highest BCUT2D eigenvalue weighted by molar-refractivity contribution is 14.1. The van der Waals surface area contributed by atoms with Crippen molar-refractivity contribution in [2.75, 3.05) is 5.75 Å². The predicted octanol–water partition coefficient (Wildman–Crippen LogP) is 6.40. The zero-order chi connectivity index (χ0) is 18.4. The van der Waals surface area contributed by atoms with Crippen LogP contribution in [0.5, 0.6) is 0 Å². The Morgan fingerprint density at radius 1 is 0.760 bits per heavy atom. The zero-order valence-electron chi connectivity index (χ0n) is 14.7. The highest BCUT2D eigenvalue weighted by atomic mass is 127. The van der Waals surface area contributed by atoms with Gasteiger partial charge >= 0.3 is 0 Å². The molecule has 2 rings (SSSR count). The Kier molecular flexibility index (Phi) is 11.8. The predicted molar refractivity (Wildman–Crippen MR) is 114 cm³/mol. The summed E-state index contributed by atoms with van der Waals surface area (Å²) in [6.45, 7) is 2.16. The van der Waals surface area contributed by atoms with Crippen molar-refractivity contribution in [2.45, 2.75) is 45.4 Å². The van der Waals surface area contributed by atoms with Gasteiger partial charge in [0, 0.05) is 0 Å². The van der Waals surface area contributed by atoms with Crippen molar-refractivity contribution < 1.29 is 10.9 Å². The van der Waals surface area contributed by atoms with Crippen molar-refractivity contribution in [3.05, 3.63) is 60.7 Å². The molecule has 0 aliphatic rings. The van der Waals surface area contributed by atoms with E-state index in [0.29, 0.717) is 0 Å². The Labute approximate surface area is 166 Å². The van der Waals surface area contributed by atoms with Gasteiger partial charge in [0.05, 0.1) is 5.75 Å². The molecule has 25 heavy (non-hydrogen) atoms. The van der Waals surface area contributed by atoms with Gasteiger partial charge in [-0.05, 0) is 17.5 Å². The molecule has 0 atom stereocenters. The van der Waals surface area contributed by atoms with E-state index >= 15 is 0 Å². The second-order valence-electron chi connectivity index (χ2n) is 5.82. The molecule has 0 radical (unpaired) electrons. The van der Waals surface area contributed by atoms with Crippen LogP contribution < -0.4 is 0 Å². The normalized spacial score (nSPS) is 10.8. The van der Waals surface area contributed by atoms with Gasteiger partial charge in [0.15, 0.2) is 0 Å². The van der Waals surface area contributed by atoms with Crippen LogP contribution in [0.1, 0.15) is 45.4 Å². The summed E-state index contributed by atoms with van der Waals surface area (Å²) in [4.78, 5) is 0. The van der Waals surface area contributed by atoms with Gasteiger partial charge in [-0.2, -0.15) is 10.9 Å². The lowest BCUT2D eigenvalue weighted by Crippen LogP contribution is -2.04. The Hall–Kier alpha value is -0.920. The summed E-state index contributed by atoms with van der Waals surface area (Å²) in [5.41, 5.74) is 2.55. The molecule has 0 amide bonds. The molecule has 0 aliphatic carbocycles. The lowest BCUT2D eigenvalue weighted by atomic mass is 10.1. The molecular formula is C20H27IO3S. The smallest absolute Gasteiger partial charge is 0.199 e.